The molecule has 0 amide bonds. The molecular formula is C12H14N4O. The van der Waals surface area contributed by atoms with Crippen molar-refractivity contribution in [2.24, 2.45) is 7.05 Å². The Hall–Kier alpha value is -1.75. The van der Waals surface area contributed by atoms with E-state index < -0.39 is 0 Å². The summed E-state index contributed by atoms with van der Waals surface area (Å²) in [7, 11) is 1.77. The lowest BCUT2D eigenvalue weighted by atomic mass is 10.2. The minimum absolute atomic E-state index is 0.0215. The Balaban J connectivity index is 2.25. The number of nitrogens with zero attached hydrogens (tertiary/aromatic N) is 3. The van der Waals surface area contributed by atoms with Gasteiger partial charge in [-0.2, -0.15) is 0 Å². The monoisotopic (exact) mass is 230 g/mol. The van der Waals surface area contributed by atoms with Crippen LogP contribution >= 0.6 is 0 Å². The summed E-state index contributed by atoms with van der Waals surface area (Å²) in [5.74, 6) is 0.825. The van der Waals surface area contributed by atoms with Crippen molar-refractivity contribution in [1.82, 2.24) is 19.9 Å². The van der Waals surface area contributed by atoms with Crippen molar-refractivity contribution < 1.29 is 0 Å². The van der Waals surface area contributed by atoms with Gasteiger partial charge in [-0.25, -0.2) is 4.98 Å². The molecular weight excluding hydrogens is 216 g/mol. The third kappa shape index (κ3) is 1.63. The third-order valence-electron chi connectivity index (χ3n) is 3.28. The van der Waals surface area contributed by atoms with E-state index >= 15 is 0 Å². The van der Waals surface area contributed by atoms with Crippen LogP contribution in [0.15, 0.2) is 23.3 Å². The minimum atomic E-state index is -0.0215. The van der Waals surface area contributed by atoms with Gasteiger partial charge in [0.2, 0.25) is 0 Å². The molecule has 0 aromatic carbocycles. The van der Waals surface area contributed by atoms with Gasteiger partial charge in [-0.1, -0.05) is 0 Å². The fourth-order valence-electron chi connectivity index (χ4n) is 2.35. The Morgan fingerprint density at radius 3 is 3.18 bits per heavy atom. The second-order valence-electron chi connectivity index (χ2n) is 4.38. The number of hydrogen-bond donors (Lipinski definition) is 1. The second-order valence-corrected chi connectivity index (χ2v) is 4.38. The van der Waals surface area contributed by atoms with Crippen LogP contribution in [0.1, 0.15) is 24.7 Å². The van der Waals surface area contributed by atoms with E-state index in [0.717, 1.165) is 30.7 Å². The van der Waals surface area contributed by atoms with E-state index in [0.29, 0.717) is 5.39 Å². The Morgan fingerprint density at radius 2 is 2.41 bits per heavy atom. The summed E-state index contributed by atoms with van der Waals surface area (Å²) in [5.41, 5.74) is 0.707. The van der Waals surface area contributed by atoms with Gasteiger partial charge >= 0.3 is 0 Å². The number of fused-ring (bicyclic) bond motifs is 1. The highest BCUT2D eigenvalue weighted by Crippen LogP contribution is 2.21. The Bertz CT molecular complexity index is 613. The standard InChI is InChI=1S/C12H14N4O/c1-16-11(10-3-2-5-14-10)15-9-4-6-13-7-8(9)12(16)17/h4,6-7,10,14H,2-3,5H2,1H3/t10-/m1/s1. The van der Waals surface area contributed by atoms with Crippen LogP contribution < -0.4 is 10.9 Å². The first-order valence-corrected chi connectivity index (χ1v) is 5.81. The van der Waals surface area contributed by atoms with Crippen LogP contribution in [0.3, 0.4) is 0 Å². The zero-order chi connectivity index (χ0) is 11.8. The van der Waals surface area contributed by atoms with E-state index in [1.165, 1.54) is 0 Å². The van der Waals surface area contributed by atoms with Gasteiger partial charge in [0.05, 0.1) is 16.9 Å². The zero-order valence-electron chi connectivity index (χ0n) is 9.68. The quantitative estimate of drug-likeness (QED) is 0.785. The highest BCUT2D eigenvalue weighted by Gasteiger charge is 2.21. The number of nitrogens with one attached hydrogen (secondary N) is 1. The summed E-state index contributed by atoms with van der Waals surface area (Å²) in [6, 6.07) is 1.99. The average Bonchev–Trinajstić information content (AvgIpc) is 2.87. The van der Waals surface area contributed by atoms with Crippen LogP contribution in [0, 0.1) is 0 Å². The van der Waals surface area contributed by atoms with Crippen LogP contribution in [0.4, 0.5) is 0 Å². The van der Waals surface area contributed by atoms with Crippen LogP contribution in [0.25, 0.3) is 10.9 Å². The lowest BCUT2D eigenvalue weighted by molar-refractivity contribution is 0.564. The molecule has 1 fully saturated rings. The van der Waals surface area contributed by atoms with E-state index in [1.54, 1.807) is 30.1 Å². The van der Waals surface area contributed by atoms with E-state index in [-0.39, 0.29) is 11.6 Å². The average molecular weight is 230 g/mol. The zero-order valence-corrected chi connectivity index (χ0v) is 9.68. The molecule has 1 saturated heterocycles. The van der Waals surface area contributed by atoms with E-state index in [1.807, 2.05) is 0 Å². The van der Waals surface area contributed by atoms with E-state index in [9.17, 15) is 4.79 Å². The van der Waals surface area contributed by atoms with Crippen molar-refractivity contribution in [2.45, 2.75) is 18.9 Å². The molecule has 3 rings (SSSR count). The van der Waals surface area contributed by atoms with Crippen molar-refractivity contribution in [2.75, 3.05) is 6.54 Å². The molecule has 0 aliphatic carbocycles. The van der Waals surface area contributed by atoms with Gasteiger partial charge in [-0.3, -0.25) is 14.3 Å². The van der Waals surface area contributed by atoms with Gasteiger partial charge < -0.3 is 5.32 Å². The fraction of sp³-hybridized carbons (Fsp3) is 0.417. The molecule has 0 saturated carbocycles. The summed E-state index contributed by atoms with van der Waals surface area (Å²) >= 11 is 0. The molecule has 1 aliphatic rings. The minimum Gasteiger partial charge on any atom is -0.307 e. The number of aromatic nitrogens is 3. The molecule has 0 spiro atoms. The molecule has 0 radical (unpaired) electrons. The summed E-state index contributed by atoms with van der Waals surface area (Å²) in [6.45, 7) is 0.995. The first kappa shape index (κ1) is 10.4. The van der Waals surface area contributed by atoms with Gasteiger partial charge in [0.1, 0.15) is 5.82 Å². The maximum absolute atomic E-state index is 12.2. The smallest absolute Gasteiger partial charge is 0.262 e. The number of pyridine rings is 1. The third-order valence-corrected chi connectivity index (χ3v) is 3.28. The predicted molar refractivity (Wildman–Crippen MR) is 64.8 cm³/mol. The molecule has 1 atom stereocenters. The van der Waals surface area contributed by atoms with Gasteiger partial charge in [-0.15, -0.1) is 0 Å². The molecule has 5 heteroatoms. The lowest BCUT2D eigenvalue weighted by Crippen LogP contribution is -2.27. The highest BCUT2D eigenvalue weighted by atomic mass is 16.1. The van der Waals surface area contributed by atoms with Crippen LogP contribution in [-0.4, -0.2) is 21.1 Å². The summed E-state index contributed by atoms with van der Waals surface area (Å²) < 4.78 is 1.63. The Morgan fingerprint density at radius 1 is 1.53 bits per heavy atom. The maximum Gasteiger partial charge on any atom is 0.262 e. The molecule has 88 valence electrons. The van der Waals surface area contributed by atoms with E-state index in [4.69, 9.17) is 0 Å². The lowest BCUT2D eigenvalue weighted by Gasteiger charge is -2.14. The molecule has 3 heterocycles. The van der Waals surface area contributed by atoms with Crippen molar-refractivity contribution in [1.29, 1.82) is 0 Å². The van der Waals surface area contributed by atoms with Crippen LogP contribution in [0.2, 0.25) is 0 Å². The van der Waals surface area contributed by atoms with Crippen molar-refractivity contribution in [3.05, 3.63) is 34.6 Å². The maximum atomic E-state index is 12.2. The SMILES string of the molecule is Cn1c([C@H]2CCCN2)nc2ccncc2c1=O. The molecule has 1 N–H and O–H groups in total. The van der Waals surface area contributed by atoms with E-state index in [2.05, 4.69) is 15.3 Å². The van der Waals surface area contributed by atoms with Crippen LogP contribution in [-0.2, 0) is 7.05 Å². The fourth-order valence-corrected chi connectivity index (χ4v) is 2.35. The largest absolute Gasteiger partial charge is 0.307 e. The normalized spacial score (nSPS) is 19.9. The summed E-state index contributed by atoms with van der Waals surface area (Å²) in [4.78, 5) is 20.7. The predicted octanol–water partition coefficient (Wildman–Crippen LogP) is 0.753. The second kappa shape index (κ2) is 3.92. The first-order valence-electron chi connectivity index (χ1n) is 5.81. The Kier molecular flexibility index (Phi) is 2.40. The number of hydrogen-bond acceptors (Lipinski definition) is 4. The Labute approximate surface area is 98.5 Å². The van der Waals surface area contributed by atoms with Crippen molar-refractivity contribution in [3.8, 4) is 0 Å². The van der Waals surface area contributed by atoms with Gasteiger partial charge in [-0.05, 0) is 25.5 Å². The topological polar surface area (TPSA) is 59.8 Å². The summed E-state index contributed by atoms with van der Waals surface area (Å²) in [6.07, 6.45) is 5.42. The van der Waals surface area contributed by atoms with Gasteiger partial charge in [0.15, 0.2) is 0 Å². The first-order chi connectivity index (χ1) is 8.27. The molecule has 5 nitrogen and oxygen atoms in total. The highest BCUT2D eigenvalue weighted by molar-refractivity contribution is 5.76. The molecule has 2 aromatic rings. The number of rotatable bonds is 1. The molecule has 2 aromatic heterocycles. The van der Waals surface area contributed by atoms with Gasteiger partial charge in [0.25, 0.3) is 5.56 Å². The van der Waals surface area contributed by atoms with Crippen LogP contribution in [0.5, 0.6) is 0 Å². The molecule has 1 aliphatic heterocycles. The van der Waals surface area contributed by atoms with Gasteiger partial charge in [0, 0.05) is 19.4 Å². The molecule has 0 bridgehead atoms. The molecule has 0 unspecified atom stereocenters. The van der Waals surface area contributed by atoms with Crippen molar-refractivity contribution in [3.63, 3.8) is 0 Å². The summed E-state index contributed by atoms with van der Waals surface area (Å²) in [5, 5.41) is 3.95. The van der Waals surface area contributed by atoms with Crippen molar-refractivity contribution >= 4 is 10.9 Å². The molecule has 17 heavy (non-hydrogen) atoms.